The first-order valence-corrected chi connectivity index (χ1v) is 8.90. The van der Waals surface area contributed by atoms with Crippen molar-refractivity contribution < 1.29 is 4.79 Å². The Morgan fingerprint density at radius 1 is 1.28 bits per heavy atom. The first-order valence-electron chi connectivity index (χ1n) is 8.02. The average molecular weight is 402 g/mol. The number of carbonyl (C=O) groups excluding carboxylic acids is 1. The second-order valence-electron chi connectivity index (χ2n) is 6.16. The lowest BCUT2D eigenvalue weighted by Gasteiger charge is -2.32. The fraction of sp³-hybridized carbons (Fsp3) is 0.389. The van der Waals surface area contributed by atoms with Crippen molar-refractivity contribution in [1.82, 2.24) is 10.2 Å². The molecule has 25 heavy (non-hydrogen) atoms. The van der Waals surface area contributed by atoms with E-state index in [4.69, 9.17) is 5.73 Å². The van der Waals surface area contributed by atoms with Gasteiger partial charge >= 0.3 is 0 Å². The number of nitrogen functional groups attached to an aromatic ring is 1. The molecule has 0 fully saturated rings. The van der Waals surface area contributed by atoms with Crippen LogP contribution in [0.3, 0.4) is 0 Å². The van der Waals surface area contributed by atoms with E-state index in [0.29, 0.717) is 19.0 Å². The highest BCUT2D eigenvalue weighted by Crippen LogP contribution is 2.24. The molecule has 1 unspecified atom stereocenters. The van der Waals surface area contributed by atoms with Crippen molar-refractivity contribution in [2.24, 2.45) is 0 Å². The minimum Gasteiger partial charge on any atom is -0.399 e. The van der Waals surface area contributed by atoms with Crippen molar-refractivity contribution in [2.45, 2.75) is 32.4 Å². The Balaban J connectivity index is 0.00000156. The predicted octanol–water partition coefficient (Wildman–Crippen LogP) is 3.28. The third-order valence-corrected chi connectivity index (χ3v) is 5.42. The molecule has 3 N–H and O–H groups in total. The van der Waals surface area contributed by atoms with Crippen molar-refractivity contribution in [3.8, 4) is 0 Å². The number of carbonyl (C=O) groups is 1. The quantitative estimate of drug-likeness (QED) is 0.755. The van der Waals surface area contributed by atoms with E-state index in [-0.39, 0.29) is 30.7 Å². The van der Waals surface area contributed by atoms with Gasteiger partial charge in [-0.05, 0) is 48.1 Å². The Labute approximate surface area is 165 Å². The molecule has 2 aromatic rings. The Morgan fingerprint density at radius 3 is 2.72 bits per heavy atom. The number of benzene rings is 1. The second-order valence-corrected chi connectivity index (χ2v) is 7.16. The van der Waals surface area contributed by atoms with E-state index >= 15 is 0 Å². The Morgan fingerprint density at radius 2 is 2.00 bits per heavy atom. The number of amides is 1. The van der Waals surface area contributed by atoms with Crippen LogP contribution in [0.1, 0.15) is 22.9 Å². The summed E-state index contributed by atoms with van der Waals surface area (Å²) in [6.45, 7) is 4.93. The van der Waals surface area contributed by atoms with Crippen LogP contribution in [0.4, 0.5) is 5.69 Å². The molecule has 0 saturated heterocycles. The van der Waals surface area contributed by atoms with Crippen LogP contribution in [0.25, 0.3) is 0 Å². The zero-order valence-corrected chi connectivity index (χ0v) is 16.7. The van der Waals surface area contributed by atoms with Crippen molar-refractivity contribution in [3.63, 3.8) is 0 Å². The van der Waals surface area contributed by atoms with Gasteiger partial charge in [-0.15, -0.1) is 36.2 Å². The smallest absolute Gasteiger partial charge is 0.224 e. The number of nitrogens with zero attached hydrogens (tertiary/aromatic N) is 1. The average Bonchev–Trinajstić information content (AvgIpc) is 3.02. The third-order valence-electron chi connectivity index (χ3n) is 4.40. The number of halogens is 2. The van der Waals surface area contributed by atoms with Crippen molar-refractivity contribution in [1.29, 1.82) is 0 Å². The van der Waals surface area contributed by atoms with Crippen LogP contribution < -0.4 is 11.1 Å². The normalized spacial score (nSPS) is 14.6. The minimum atomic E-state index is 0. The zero-order valence-electron chi connectivity index (χ0n) is 14.2. The van der Waals surface area contributed by atoms with Gasteiger partial charge in [-0.1, -0.05) is 12.1 Å². The highest BCUT2D eigenvalue weighted by Gasteiger charge is 2.21. The molecule has 1 amide bonds. The number of fused-ring (bicyclic) bond motifs is 1. The van der Waals surface area contributed by atoms with Gasteiger partial charge in [0, 0.05) is 36.2 Å². The Hall–Kier alpha value is -1.27. The number of rotatable bonds is 5. The van der Waals surface area contributed by atoms with E-state index in [9.17, 15) is 4.79 Å². The number of nitrogens with one attached hydrogen (secondary N) is 1. The van der Waals surface area contributed by atoms with E-state index in [1.807, 2.05) is 35.6 Å². The fourth-order valence-corrected chi connectivity index (χ4v) is 3.81. The van der Waals surface area contributed by atoms with Gasteiger partial charge in [-0.2, -0.15) is 0 Å². The lowest BCUT2D eigenvalue weighted by molar-refractivity contribution is -0.120. The minimum absolute atomic E-state index is 0. The SMILES string of the molecule is CC(CNC(=O)Cc1ccc(N)cc1)N1CCc2sccc2C1.Cl.Cl. The lowest BCUT2D eigenvalue weighted by atomic mass is 10.1. The summed E-state index contributed by atoms with van der Waals surface area (Å²) in [5.74, 6) is 0.0647. The van der Waals surface area contributed by atoms with Gasteiger partial charge in [0.05, 0.1) is 6.42 Å². The predicted molar refractivity (Wildman–Crippen MR) is 110 cm³/mol. The maximum atomic E-state index is 12.1. The number of anilines is 1. The van der Waals surface area contributed by atoms with Crippen LogP contribution in [-0.2, 0) is 24.2 Å². The summed E-state index contributed by atoms with van der Waals surface area (Å²) >= 11 is 1.85. The second kappa shape index (κ2) is 10.0. The summed E-state index contributed by atoms with van der Waals surface area (Å²) in [6.07, 6.45) is 1.53. The number of hydrogen-bond donors (Lipinski definition) is 2. The topological polar surface area (TPSA) is 58.4 Å². The maximum absolute atomic E-state index is 12.1. The van der Waals surface area contributed by atoms with Gasteiger partial charge in [-0.3, -0.25) is 9.69 Å². The van der Waals surface area contributed by atoms with Crippen molar-refractivity contribution in [2.75, 3.05) is 18.8 Å². The molecule has 2 heterocycles. The summed E-state index contributed by atoms with van der Waals surface area (Å²) in [6, 6.07) is 10.0. The van der Waals surface area contributed by atoms with E-state index in [1.54, 1.807) is 0 Å². The van der Waals surface area contributed by atoms with E-state index in [1.165, 1.54) is 10.4 Å². The number of thiophene rings is 1. The Bertz CT molecular complexity index is 675. The standard InChI is InChI=1S/C18H23N3OS.2ClH/c1-13(21-8-6-17-15(12-21)7-9-23-17)11-20-18(22)10-14-2-4-16(19)5-3-14;;/h2-5,7,9,13H,6,8,10-12,19H2,1H3,(H,20,22);2*1H. The number of hydrogen-bond acceptors (Lipinski definition) is 4. The molecule has 1 aromatic heterocycles. The molecule has 1 aromatic carbocycles. The Kier molecular flexibility index (Phi) is 8.73. The lowest BCUT2D eigenvalue weighted by Crippen LogP contribution is -2.44. The molecule has 0 spiro atoms. The molecule has 1 atom stereocenters. The third kappa shape index (κ3) is 5.89. The zero-order chi connectivity index (χ0) is 16.2. The van der Waals surface area contributed by atoms with Crippen LogP contribution in [-0.4, -0.2) is 29.9 Å². The molecule has 1 aliphatic rings. The molecular weight excluding hydrogens is 377 g/mol. The molecule has 4 nitrogen and oxygen atoms in total. The molecule has 7 heteroatoms. The van der Waals surface area contributed by atoms with Gasteiger partial charge in [0.15, 0.2) is 0 Å². The summed E-state index contributed by atoms with van der Waals surface area (Å²) < 4.78 is 0. The van der Waals surface area contributed by atoms with Crippen molar-refractivity contribution >= 4 is 47.7 Å². The van der Waals surface area contributed by atoms with Crippen molar-refractivity contribution in [3.05, 3.63) is 51.7 Å². The number of nitrogens with two attached hydrogens (primary N) is 1. The first-order chi connectivity index (χ1) is 11.1. The largest absolute Gasteiger partial charge is 0.399 e. The molecule has 0 bridgehead atoms. The molecular formula is C18H25Cl2N3OS. The van der Waals surface area contributed by atoms with E-state index < -0.39 is 0 Å². The van der Waals surface area contributed by atoms with Crippen LogP contribution >= 0.6 is 36.2 Å². The monoisotopic (exact) mass is 401 g/mol. The summed E-state index contributed by atoms with van der Waals surface area (Å²) in [4.78, 5) is 16.0. The van der Waals surface area contributed by atoms with Gasteiger partial charge in [0.25, 0.3) is 0 Å². The van der Waals surface area contributed by atoms with Gasteiger partial charge in [0.1, 0.15) is 0 Å². The molecule has 3 rings (SSSR count). The van der Waals surface area contributed by atoms with Crippen LogP contribution in [0, 0.1) is 0 Å². The molecule has 138 valence electrons. The maximum Gasteiger partial charge on any atom is 0.224 e. The molecule has 1 aliphatic heterocycles. The highest BCUT2D eigenvalue weighted by molar-refractivity contribution is 7.10. The van der Waals surface area contributed by atoms with Gasteiger partial charge in [0.2, 0.25) is 5.91 Å². The van der Waals surface area contributed by atoms with Gasteiger partial charge in [-0.25, -0.2) is 0 Å². The molecule has 0 saturated carbocycles. The van der Waals surface area contributed by atoms with Crippen LogP contribution in [0.15, 0.2) is 35.7 Å². The van der Waals surface area contributed by atoms with E-state index in [2.05, 4.69) is 28.6 Å². The fourth-order valence-electron chi connectivity index (χ4n) is 2.92. The highest BCUT2D eigenvalue weighted by atomic mass is 35.5. The summed E-state index contributed by atoms with van der Waals surface area (Å²) in [5.41, 5.74) is 8.82. The molecule has 0 aliphatic carbocycles. The molecule has 0 radical (unpaired) electrons. The van der Waals surface area contributed by atoms with Gasteiger partial charge < -0.3 is 11.1 Å². The summed E-state index contributed by atoms with van der Waals surface area (Å²) in [7, 11) is 0. The summed E-state index contributed by atoms with van der Waals surface area (Å²) in [5, 5.41) is 5.23. The van der Waals surface area contributed by atoms with Crippen LogP contribution in [0.2, 0.25) is 0 Å². The van der Waals surface area contributed by atoms with Crippen LogP contribution in [0.5, 0.6) is 0 Å². The first kappa shape index (κ1) is 21.8. The van der Waals surface area contributed by atoms with E-state index in [0.717, 1.165) is 30.8 Å².